The fourth-order valence-corrected chi connectivity index (χ4v) is 3.04. The Hall–Kier alpha value is -2.40. The molecule has 0 fully saturated rings. The molecule has 0 unspecified atom stereocenters. The van der Waals surface area contributed by atoms with Crippen molar-refractivity contribution in [2.45, 2.75) is 32.6 Å². The lowest BCUT2D eigenvalue weighted by molar-refractivity contribution is 0.896. The molecular formula is C19H18N2. The van der Waals surface area contributed by atoms with Crippen molar-refractivity contribution in [2.24, 2.45) is 0 Å². The molecule has 1 aliphatic carbocycles. The fourth-order valence-electron chi connectivity index (χ4n) is 3.04. The van der Waals surface area contributed by atoms with Crippen LogP contribution in [0.15, 0.2) is 30.3 Å². The highest BCUT2D eigenvalue weighted by molar-refractivity contribution is 5.74. The summed E-state index contributed by atoms with van der Waals surface area (Å²) in [6.07, 6.45) is 8.05. The summed E-state index contributed by atoms with van der Waals surface area (Å²) in [5, 5.41) is 9.10. The summed E-state index contributed by atoms with van der Waals surface area (Å²) in [4.78, 5) is 4.70. The first-order valence-electron chi connectivity index (χ1n) is 7.41. The van der Waals surface area contributed by atoms with Crippen LogP contribution >= 0.6 is 0 Å². The highest BCUT2D eigenvalue weighted by atomic mass is 14.7. The van der Waals surface area contributed by atoms with Crippen LogP contribution in [0.2, 0.25) is 0 Å². The van der Waals surface area contributed by atoms with Gasteiger partial charge in [0.05, 0.1) is 12.5 Å². The molecule has 0 saturated carbocycles. The predicted molar refractivity (Wildman–Crippen MR) is 85.7 cm³/mol. The first-order valence-corrected chi connectivity index (χ1v) is 7.41. The van der Waals surface area contributed by atoms with Crippen LogP contribution in [0.5, 0.6) is 0 Å². The Kier molecular flexibility index (Phi) is 3.83. The number of aryl methyl sites for hydroxylation is 2. The van der Waals surface area contributed by atoms with Gasteiger partial charge in [-0.05, 0) is 48.4 Å². The number of hydrogen-bond acceptors (Lipinski definition) is 2. The zero-order chi connectivity index (χ0) is 14.7. The molecule has 0 aliphatic heterocycles. The lowest BCUT2D eigenvalue weighted by Gasteiger charge is -2.12. The molecule has 1 aliphatic rings. The van der Waals surface area contributed by atoms with Crippen LogP contribution in [0, 0.1) is 18.3 Å². The molecule has 21 heavy (non-hydrogen) atoms. The van der Waals surface area contributed by atoms with E-state index >= 15 is 0 Å². The van der Waals surface area contributed by atoms with Crippen molar-refractivity contribution in [1.82, 2.24) is 4.98 Å². The van der Waals surface area contributed by atoms with Crippen LogP contribution in [0.25, 0.3) is 12.2 Å². The van der Waals surface area contributed by atoms with E-state index in [1.54, 1.807) is 0 Å². The van der Waals surface area contributed by atoms with Crippen molar-refractivity contribution in [1.29, 1.82) is 5.26 Å². The SMILES string of the molecule is Cc1nc2c(c(/C=C\c3ccccc3)c1CC#N)CCC2. The molecule has 0 amide bonds. The minimum Gasteiger partial charge on any atom is -0.258 e. The van der Waals surface area contributed by atoms with E-state index in [2.05, 4.69) is 30.4 Å². The molecule has 0 N–H and O–H groups in total. The highest BCUT2D eigenvalue weighted by Gasteiger charge is 2.19. The molecule has 1 aromatic heterocycles. The summed E-state index contributed by atoms with van der Waals surface area (Å²) in [5.74, 6) is 0. The number of aromatic nitrogens is 1. The molecule has 2 nitrogen and oxygen atoms in total. The van der Waals surface area contributed by atoms with Gasteiger partial charge in [0, 0.05) is 11.4 Å². The number of hydrogen-bond donors (Lipinski definition) is 0. The molecule has 2 heteroatoms. The molecule has 1 heterocycles. The molecule has 0 saturated heterocycles. The van der Waals surface area contributed by atoms with Crippen LogP contribution in [0.3, 0.4) is 0 Å². The van der Waals surface area contributed by atoms with Crippen molar-refractivity contribution in [3.05, 3.63) is 64.0 Å². The summed E-state index contributed by atoms with van der Waals surface area (Å²) < 4.78 is 0. The monoisotopic (exact) mass is 274 g/mol. The van der Waals surface area contributed by atoms with Crippen LogP contribution in [0.4, 0.5) is 0 Å². The maximum Gasteiger partial charge on any atom is 0.0670 e. The van der Waals surface area contributed by atoms with Crippen molar-refractivity contribution < 1.29 is 0 Å². The van der Waals surface area contributed by atoms with Crippen LogP contribution in [-0.4, -0.2) is 4.98 Å². The van der Waals surface area contributed by atoms with Gasteiger partial charge in [-0.2, -0.15) is 5.26 Å². The van der Waals surface area contributed by atoms with E-state index in [9.17, 15) is 0 Å². The van der Waals surface area contributed by atoms with Gasteiger partial charge < -0.3 is 0 Å². The molecule has 2 aromatic rings. The average Bonchev–Trinajstić information content (AvgIpc) is 2.96. The first-order chi connectivity index (χ1) is 10.3. The van der Waals surface area contributed by atoms with Crippen molar-refractivity contribution in [2.75, 3.05) is 0 Å². The second-order valence-electron chi connectivity index (χ2n) is 5.45. The van der Waals surface area contributed by atoms with Gasteiger partial charge in [0.15, 0.2) is 0 Å². The van der Waals surface area contributed by atoms with Gasteiger partial charge >= 0.3 is 0 Å². The smallest absolute Gasteiger partial charge is 0.0670 e. The van der Waals surface area contributed by atoms with Crippen LogP contribution in [-0.2, 0) is 19.3 Å². The Morgan fingerprint density at radius 3 is 2.76 bits per heavy atom. The molecule has 0 atom stereocenters. The standard InChI is InChI=1S/C19H18N2/c1-14-16(12-13-20)17(18-8-5-9-19(18)21-14)11-10-15-6-3-2-4-7-15/h2-4,6-7,10-11H,5,8-9,12H2,1H3/b11-10-. The van der Waals surface area contributed by atoms with Crippen molar-refractivity contribution in [3.63, 3.8) is 0 Å². The normalized spacial score (nSPS) is 13.3. The fraction of sp³-hybridized carbons (Fsp3) is 0.263. The van der Waals surface area contributed by atoms with E-state index in [4.69, 9.17) is 10.2 Å². The van der Waals surface area contributed by atoms with E-state index < -0.39 is 0 Å². The van der Waals surface area contributed by atoms with Gasteiger partial charge in [-0.25, -0.2) is 0 Å². The zero-order valence-electron chi connectivity index (χ0n) is 12.3. The Morgan fingerprint density at radius 1 is 1.19 bits per heavy atom. The third-order valence-corrected chi connectivity index (χ3v) is 4.08. The van der Waals surface area contributed by atoms with E-state index in [1.165, 1.54) is 28.8 Å². The molecule has 0 spiro atoms. The van der Waals surface area contributed by atoms with Crippen LogP contribution in [0.1, 0.15) is 40.1 Å². The molecule has 0 radical (unpaired) electrons. The predicted octanol–water partition coefficient (Wildman–Crippen LogP) is 4.12. The third kappa shape index (κ3) is 2.73. The molecule has 3 rings (SSSR count). The minimum atomic E-state index is 0.431. The van der Waals surface area contributed by atoms with Gasteiger partial charge in [-0.3, -0.25) is 4.98 Å². The van der Waals surface area contributed by atoms with E-state index in [-0.39, 0.29) is 0 Å². The summed E-state index contributed by atoms with van der Waals surface area (Å²) in [5.41, 5.74) is 7.07. The summed E-state index contributed by atoms with van der Waals surface area (Å²) >= 11 is 0. The maximum absolute atomic E-state index is 9.10. The first kappa shape index (κ1) is 13.6. The molecule has 0 bridgehead atoms. The topological polar surface area (TPSA) is 36.7 Å². The number of nitrogens with zero attached hydrogens (tertiary/aromatic N) is 2. The summed E-state index contributed by atoms with van der Waals surface area (Å²) in [6.45, 7) is 2.02. The summed E-state index contributed by atoms with van der Waals surface area (Å²) in [7, 11) is 0. The van der Waals surface area contributed by atoms with Gasteiger partial charge in [0.2, 0.25) is 0 Å². The third-order valence-electron chi connectivity index (χ3n) is 4.08. The van der Waals surface area contributed by atoms with Gasteiger partial charge in [-0.1, -0.05) is 42.5 Å². The van der Waals surface area contributed by atoms with Gasteiger partial charge in [0.1, 0.15) is 0 Å². The Labute approximate surface area is 125 Å². The highest BCUT2D eigenvalue weighted by Crippen LogP contribution is 2.30. The average molecular weight is 274 g/mol. The van der Waals surface area contributed by atoms with Crippen molar-refractivity contribution in [3.8, 4) is 6.07 Å². The second kappa shape index (κ2) is 5.93. The van der Waals surface area contributed by atoms with E-state index in [0.717, 1.165) is 24.1 Å². The number of nitriles is 1. The van der Waals surface area contributed by atoms with E-state index in [0.29, 0.717) is 6.42 Å². The van der Waals surface area contributed by atoms with E-state index in [1.807, 2.05) is 25.1 Å². The Bertz CT molecular complexity index is 721. The summed E-state index contributed by atoms with van der Waals surface area (Å²) in [6, 6.07) is 12.6. The minimum absolute atomic E-state index is 0.431. The number of fused-ring (bicyclic) bond motifs is 1. The Morgan fingerprint density at radius 2 is 2.00 bits per heavy atom. The van der Waals surface area contributed by atoms with Gasteiger partial charge in [-0.15, -0.1) is 0 Å². The lowest BCUT2D eigenvalue weighted by Crippen LogP contribution is -2.03. The van der Waals surface area contributed by atoms with Crippen molar-refractivity contribution >= 4 is 12.2 Å². The van der Waals surface area contributed by atoms with Crippen LogP contribution < -0.4 is 0 Å². The van der Waals surface area contributed by atoms with Gasteiger partial charge in [0.25, 0.3) is 0 Å². The lowest BCUT2D eigenvalue weighted by atomic mass is 9.96. The molecule has 104 valence electrons. The molecular weight excluding hydrogens is 256 g/mol. The number of benzene rings is 1. The number of pyridine rings is 1. The molecule has 1 aromatic carbocycles. The maximum atomic E-state index is 9.10. The quantitative estimate of drug-likeness (QED) is 0.844. The Balaban J connectivity index is 2.08. The largest absolute Gasteiger partial charge is 0.258 e. The second-order valence-corrected chi connectivity index (χ2v) is 5.45. The zero-order valence-corrected chi connectivity index (χ0v) is 12.3. The number of rotatable bonds is 3.